The zero-order valence-electron chi connectivity index (χ0n) is 11.6. The monoisotopic (exact) mass is 350 g/mol. The largest absolute Gasteiger partial charge is 0.450 e. The number of anilines is 1. The minimum Gasteiger partial charge on any atom is -0.450 e. The molecule has 0 atom stereocenters. The van der Waals surface area contributed by atoms with Crippen molar-refractivity contribution in [1.29, 1.82) is 0 Å². The van der Waals surface area contributed by atoms with Crippen LogP contribution in [-0.2, 0) is 10.0 Å². The van der Waals surface area contributed by atoms with Crippen LogP contribution in [0.5, 0.6) is 0 Å². The van der Waals surface area contributed by atoms with Crippen LogP contribution in [0.1, 0.15) is 0 Å². The molecular weight excluding hydrogens is 340 g/mol. The Hall–Kier alpha value is -2.51. The number of benzene rings is 2. The van der Waals surface area contributed by atoms with E-state index < -0.39 is 16.1 Å². The molecule has 0 aliphatic heterocycles. The molecule has 0 saturated carbocycles. The molecule has 8 heteroatoms. The highest BCUT2D eigenvalue weighted by Crippen LogP contribution is 2.24. The Labute approximate surface area is 137 Å². The quantitative estimate of drug-likeness (QED) is 0.755. The van der Waals surface area contributed by atoms with Gasteiger partial charge in [0.05, 0.1) is 0 Å². The molecule has 1 aromatic heterocycles. The van der Waals surface area contributed by atoms with E-state index in [-0.39, 0.29) is 5.09 Å². The predicted molar refractivity (Wildman–Crippen MR) is 87.0 cm³/mol. The Bertz CT molecular complexity index is 965. The van der Waals surface area contributed by atoms with Crippen LogP contribution in [0.3, 0.4) is 0 Å². The molecule has 0 fully saturated rings. The minimum atomic E-state index is -4.13. The van der Waals surface area contributed by atoms with Crippen LogP contribution in [0.4, 0.5) is 10.5 Å². The number of rotatable bonds is 3. The first kappa shape index (κ1) is 15.4. The van der Waals surface area contributed by atoms with Crippen LogP contribution in [-0.4, -0.2) is 14.4 Å². The molecule has 0 unspecified atom stereocenters. The molecule has 118 valence electrons. The van der Waals surface area contributed by atoms with Gasteiger partial charge in [0.2, 0.25) is 5.09 Å². The summed E-state index contributed by atoms with van der Waals surface area (Å²) in [6.07, 6.45) is 1.32. The molecule has 23 heavy (non-hydrogen) atoms. The van der Waals surface area contributed by atoms with Crippen molar-refractivity contribution in [3.63, 3.8) is 0 Å². The van der Waals surface area contributed by atoms with Crippen LogP contribution < -0.4 is 10.0 Å². The van der Waals surface area contributed by atoms with E-state index in [1.807, 2.05) is 4.72 Å². The summed E-state index contributed by atoms with van der Waals surface area (Å²) in [5, 5.41) is 3.64. The number of hydrogen-bond acceptors (Lipinski definition) is 4. The molecule has 2 aromatic carbocycles. The van der Waals surface area contributed by atoms with Crippen LogP contribution in [0.15, 0.2) is 64.3 Å². The Morgan fingerprint density at radius 3 is 2.48 bits per heavy atom. The fourth-order valence-electron chi connectivity index (χ4n) is 2.03. The molecule has 2 amide bonds. The van der Waals surface area contributed by atoms with E-state index in [1.165, 1.54) is 6.26 Å². The molecule has 0 radical (unpaired) electrons. The lowest BCUT2D eigenvalue weighted by Gasteiger charge is -2.07. The number of furan rings is 1. The molecule has 1 heterocycles. The number of carbonyl (C=O) groups is 1. The Morgan fingerprint density at radius 1 is 1.04 bits per heavy atom. The van der Waals surface area contributed by atoms with Gasteiger partial charge in [0.1, 0.15) is 6.26 Å². The first-order valence-electron chi connectivity index (χ1n) is 6.51. The summed E-state index contributed by atoms with van der Waals surface area (Å²) in [5.74, 6) is 0. The number of sulfonamides is 1. The molecule has 0 spiro atoms. The van der Waals surface area contributed by atoms with Crippen molar-refractivity contribution in [3.05, 3.63) is 59.8 Å². The fraction of sp³-hybridized carbons (Fsp3) is 0. The summed E-state index contributed by atoms with van der Waals surface area (Å²) in [6, 6.07) is 12.1. The molecule has 3 aromatic rings. The van der Waals surface area contributed by atoms with Crippen LogP contribution in [0, 0.1) is 0 Å². The molecule has 0 aliphatic carbocycles. The highest BCUT2D eigenvalue weighted by molar-refractivity contribution is 7.90. The van der Waals surface area contributed by atoms with E-state index in [0.29, 0.717) is 21.5 Å². The number of nitrogens with one attached hydrogen (secondary N) is 2. The number of amides is 2. The molecule has 6 nitrogen and oxygen atoms in total. The second kappa shape index (κ2) is 5.94. The van der Waals surface area contributed by atoms with E-state index in [9.17, 15) is 13.2 Å². The van der Waals surface area contributed by atoms with Crippen molar-refractivity contribution in [2.45, 2.75) is 5.09 Å². The van der Waals surface area contributed by atoms with Gasteiger partial charge in [0.25, 0.3) is 10.0 Å². The van der Waals surface area contributed by atoms with Crippen molar-refractivity contribution in [2.75, 3.05) is 5.32 Å². The summed E-state index contributed by atoms with van der Waals surface area (Å²) < 4.78 is 31.6. The second-order valence-corrected chi connectivity index (χ2v) is 6.70. The predicted octanol–water partition coefficient (Wildman–Crippen LogP) is 3.60. The zero-order valence-corrected chi connectivity index (χ0v) is 13.2. The van der Waals surface area contributed by atoms with Gasteiger partial charge in [0, 0.05) is 21.5 Å². The van der Waals surface area contributed by atoms with Gasteiger partial charge in [-0.15, -0.1) is 0 Å². The normalized spacial score (nSPS) is 11.3. The molecule has 2 N–H and O–H groups in total. The smallest absolute Gasteiger partial charge is 0.333 e. The standard InChI is InChI=1S/C15H11ClN2O4S/c16-11-5-7-12(8-6-11)17-15(19)18-23(20,21)14-13-4-2-1-3-10(13)9-22-14/h1-9H,(H2,17,18,19). The van der Waals surface area contributed by atoms with Crippen molar-refractivity contribution >= 4 is 44.1 Å². The minimum absolute atomic E-state index is 0.306. The van der Waals surface area contributed by atoms with E-state index in [0.717, 1.165) is 0 Å². The second-order valence-electron chi connectivity index (χ2n) is 4.68. The third kappa shape index (κ3) is 3.30. The molecule has 0 saturated heterocycles. The Kier molecular flexibility index (Phi) is 3.97. The number of urea groups is 1. The highest BCUT2D eigenvalue weighted by Gasteiger charge is 2.24. The Morgan fingerprint density at radius 2 is 1.74 bits per heavy atom. The number of fused-ring (bicyclic) bond motifs is 1. The molecule has 0 bridgehead atoms. The van der Waals surface area contributed by atoms with Gasteiger partial charge in [-0.2, -0.15) is 8.42 Å². The third-order valence-corrected chi connectivity index (χ3v) is 4.56. The first-order valence-corrected chi connectivity index (χ1v) is 8.37. The molecule has 0 aliphatic rings. The van der Waals surface area contributed by atoms with Gasteiger partial charge < -0.3 is 9.73 Å². The number of halogens is 1. The summed E-state index contributed by atoms with van der Waals surface area (Å²) >= 11 is 5.74. The first-order chi connectivity index (χ1) is 11.0. The number of hydrogen-bond donors (Lipinski definition) is 2. The lowest BCUT2D eigenvalue weighted by molar-refractivity contribution is 0.256. The lowest BCUT2D eigenvalue weighted by atomic mass is 10.2. The van der Waals surface area contributed by atoms with Gasteiger partial charge in [-0.3, -0.25) is 0 Å². The summed E-state index contributed by atoms with van der Waals surface area (Å²) in [7, 11) is -4.13. The maximum atomic E-state index is 12.3. The fourth-order valence-corrected chi connectivity index (χ4v) is 3.20. The number of carbonyl (C=O) groups excluding carboxylic acids is 1. The third-order valence-electron chi connectivity index (χ3n) is 3.05. The van der Waals surface area contributed by atoms with Crippen molar-refractivity contribution in [3.8, 4) is 0 Å². The maximum absolute atomic E-state index is 12.3. The van der Waals surface area contributed by atoms with E-state index in [4.69, 9.17) is 16.0 Å². The van der Waals surface area contributed by atoms with Crippen LogP contribution in [0.2, 0.25) is 5.02 Å². The van der Waals surface area contributed by atoms with Gasteiger partial charge in [-0.05, 0) is 30.3 Å². The molecular formula is C15H11ClN2O4S. The average Bonchev–Trinajstić information content (AvgIpc) is 2.94. The van der Waals surface area contributed by atoms with Gasteiger partial charge in [-0.1, -0.05) is 29.8 Å². The summed E-state index contributed by atoms with van der Waals surface area (Å²) in [6.45, 7) is 0. The Balaban J connectivity index is 1.80. The van der Waals surface area contributed by atoms with E-state index >= 15 is 0 Å². The van der Waals surface area contributed by atoms with Gasteiger partial charge >= 0.3 is 6.03 Å². The molecule has 3 rings (SSSR count). The summed E-state index contributed by atoms with van der Waals surface area (Å²) in [4.78, 5) is 11.9. The lowest BCUT2D eigenvalue weighted by Crippen LogP contribution is -2.34. The van der Waals surface area contributed by atoms with Crippen molar-refractivity contribution in [2.24, 2.45) is 0 Å². The van der Waals surface area contributed by atoms with Crippen LogP contribution in [0.25, 0.3) is 10.8 Å². The topological polar surface area (TPSA) is 88.4 Å². The van der Waals surface area contributed by atoms with Crippen molar-refractivity contribution < 1.29 is 17.6 Å². The van der Waals surface area contributed by atoms with Crippen LogP contribution >= 0.6 is 11.6 Å². The maximum Gasteiger partial charge on any atom is 0.333 e. The summed E-state index contributed by atoms with van der Waals surface area (Å²) in [5.41, 5.74) is 0.409. The zero-order chi connectivity index (χ0) is 16.4. The van der Waals surface area contributed by atoms with E-state index in [2.05, 4.69) is 5.32 Å². The SMILES string of the molecule is O=C(Nc1ccc(Cl)cc1)NS(=O)(=O)c1occ2ccccc12. The average molecular weight is 351 g/mol. The highest BCUT2D eigenvalue weighted by atomic mass is 35.5. The van der Waals surface area contributed by atoms with Gasteiger partial charge in [0.15, 0.2) is 0 Å². The van der Waals surface area contributed by atoms with Gasteiger partial charge in [-0.25, -0.2) is 9.52 Å². The van der Waals surface area contributed by atoms with Crippen molar-refractivity contribution in [1.82, 2.24) is 4.72 Å². The van der Waals surface area contributed by atoms with E-state index in [1.54, 1.807) is 48.5 Å².